The Bertz CT molecular complexity index is 1050. The lowest BCUT2D eigenvalue weighted by Crippen LogP contribution is -2.37. The van der Waals surface area contributed by atoms with Crippen LogP contribution >= 0.6 is 0 Å². The molecule has 164 valence electrons. The van der Waals surface area contributed by atoms with Crippen molar-refractivity contribution >= 4 is 17.4 Å². The molecular formula is C24H30N4O3. The second-order valence-corrected chi connectivity index (χ2v) is 8.62. The van der Waals surface area contributed by atoms with E-state index >= 15 is 0 Å². The van der Waals surface area contributed by atoms with Crippen LogP contribution in [0.4, 0.5) is 0 Å². The van der Waals surface area contributed by atoms with E-state index < -0.39 is 17.7 Å². The van der Waals surface area contributed by atoms with Crippen LogP contribution in [-0.4, -0.2) is 62.6 Å². The zero-order valence-electron chi connectivity index (χ0n) is 18.7. The van der Waals surface area contributed by atoms with Crippen molar-refractivity contribution in [2.75, 3.05) is 26.2 Å². The van der Waals surface area contributed by atoms with Crippen molar-refractivity contribution in [1.82, 2.24) is 19.6 Å². The molecule has 2 aliphatic rings. The summed E-state index contributed by atoms with van der Waals surface area (Å²) in [6.07, 6.45) is 2.33. The molecule has 1 atom stereocenters. The predicted octanol–water partition coefficient (Wildman–Crippen LogP) is 2.86. The van der Waals surface area contributed by atoms with E-state index in [1.54, 1.807) is 23.6 Å². The highest BCUT2D eigenvalue weighted by Crippen LogP contribution is 2.40. The number of hydrogen-bond donors (Lipinski definition) is 1. The van der Waals surface area contributed by atoms with Crippen molar-refractivity contribution in [3.63, 3.8) is 0 Å². The van der Waals surface area contributed by atoms with Gasteiger partial charge in [-0.2, -0.15) is 5.10 Å². The van der Waals surface area contributed by atoms with Crippen LogP contribution in [0.5, 0.6) is 0 Å². The molecule has 0 radical (unpaired) electrons. The molecule has 31 heavy (non-hydrogen) atoms. The van der Waals surface area contributed by atoms with E-state index in [-0.39, 0.29) is 11.3 Å². The largest absolute Gasteiger partial charge is 0.507 e. The van der Waals surface area contributed by atoms with Gasteiger partial charge < -0.3 is 14.9 Å². The SMILES string of the molecule is Cc1ccc(C2/C(=C(\O)c3c(C)nn(C)c3C)C(=O)C(=O)N2CCN2CCCC2)cc1. The standard InChI is InChI=1S/C24H30N4O3/c1-15-7-9-18(10-8-15)21-20(22(29)19-16(2)25-26(4)17(19)3)23(30)24(31)28(21)14-13-27-11-5-6-12-27/h7-10,21,29H,5-6,11-14H2,1-4H3/b22-20+. The number of nitrogens with zero attached hydrogens (tertiary/aromatic N) is 4. The summed E-state index contributed by atoms with van der Waals surface area (Å²) >= 11 is 0. The fourth-order valence-corrected chi connectivity index (χ4v) is 4.71. The number of aromatic nitrogens is 2. The number of amides is 1. The molecular weight excluding hydrogens is 392 g/mol. The molecule has 1 amide bonds. The molecule has 1 N–H and O–H groups in total. The number of aliphatic hydroxyl groups is 1. The number of likely N-dealkylation sites (tertiary alicyclic amines) is 2. The smallest absolute Gasteiger partial charge is 0.295 e. The highest BCUT2D eigenvalue weighted by atomic mass is 16.3. The molecule has 0 saturated carbocycles. The van der Waals surface area contributed by atoms with Gasteiger partial charge in [0.1, 0.15) is 5.76 Å². The third-order valence-electron chi connectivity index (χ3n) is 6.53. The Morgan fingerprint density at radius 1 is 1.06 bits per heavy atom. The normalized spacial score (nSPS) is 21.4. The zero-order chi connectivity index (χ0) is 22.3. The first-order chi connectivity index (χ1) is 14.8. The van der Waals surface area contributed by atoms with E-state index in [4.69, 9.17) is 0 Å². The molecule has 1 unspecified atom stereocenters. The van der Waals surface area contributed by atoms with Gasteiger partial charge in [0.05, 0.1) is 22.9 Å². The number of carbonyl (C=O) groups excluding carboxylic acids is 2. The van der Waals surface area contributed by atoms with Crippen LogP contribution in [0.1, 0.15) is 47.0 Å². The first-order valence-corrected chi connectivity index (χ1v) is 10.9. The molecule has 4 rings (SSSR count). The Morgan fingerprint density at radius 2 is 1.71 bits per heavy atom. The molecule has 2 fully saturated rings. The van der Waals surface area contributed by atoms with Gasteiger partial charge >= 0.3 is 0 Å². The average Bonchev–Trinajstić information content (AvgIpc) is 3.40. The number of aliphatic hydroxyl groups excluding tert-OH is 1. The van der Waals surface area contributed by atoms with Gasteiger partial charge in [0, 0.05) is 25.8 Å². The summed E-state index contributed by atoms with van der Waals surface area (Å²) in [7, 11) is 1.80. The Balaban J connectivity index is 1.80. The van der Waals surface area contributed by atoms with Crippen LogP contribution in [0, 0.1) is 20.8 Å². The molecule has 3 heterocycles. The zero-order valence-corrected chi connectivity index (χ0v) is 18.7. The van der Waals surface area contributed by atoms with Crippen LogP contribution < -0.4 is 0 Å². The van der Waals surface area contributed by atoms with Gasteiger partial charge in [-0.1, -0.05) is 29.8 Å². The first kappa shape index (κ1) is 21.3. The molecule has 0 aliphatic carbocycles. The Morgan fingerprint density at radius 3 is 2.29 bits per heavy atom. The molecule has 7 heteroatoms. The third kappa shape index (κ3) is 3.78. The van der Waals surface area contributed by atoms with Crippen molar-refractivity contribution < 1.29 is 14.7 Å². The average molecular weight is 423 g/mol. The maximum atomic E-state index is 13.2. The third-order valence-corrected chi connectivity index (χ3v) is 6.53. The molecule has 2 aromatic rings. The summed E-state index contributed by atoms with van der Waals surface area (Å²) in [5.41, 5.74) is 3.97. The lowest BCUT2D eigenvalue weighted by Gasteiger charge is -2.27. The number of ketones is 1. The van der Waals surface area contributed by atoms with Gasteiger partial charge in [-0.15, -0.1) is 0 Å². The summed E-state index contributed by atoms with van der Waals surface area (Å²) in [6, 6.07) is 7.20. The fourth-order valence-electron chi connectivity index (χ4n) is 4.71. The molecule has 2 saturated heterocycles. The topological polar surface area (TPSA) is 78.7 Å². The molecule has 0 spiro atoms. The van der Waals surface area contributed by atoms with Gasteiger partial charge in [-0.05, 0) is 52.3 Å². The molecule has 1 aromatic heterocycles. The first-order valence-electron chi connectivity index (χ1n) is 10.9. The number of hydrogen-bond acceptors (Lipinski definition) is 5. The van der Waals surface area contributed by atoms with Crippen LogP contribution in [0.3, 0.4) is 0 Å². The Labute approximate surface area is 183 Å². The van der Waals surface area contributed by atoms with Gasteiger partial charge in [-0.25, -0.2) is 0 Å². The summed E-state index contributed by atoms with van der Waals surface area (Å²) in [5, 5.41) is 15.7. The minimum absolute atomic E-state index is 0.143. The Hall–Kier alpha value is -2.93. The number of benzene rings is 1. The van der Waals surface area contributed by atoms with Crippen LogP contribution in [0.2, 0.25) is 0 Å². The highest BCUT2D eigenvalue weighted by Gasteiger charge is 2.46. The molecule has 2 aliphatic heterocycles. The minimum atomic E-state index is -0.632. The van der Waals surface area contributed by atoms with E-state index in [1.165, 1.54) is 12.8 Å². The van der Waals surface area contributed by atoms with Crippen molar-refractivity contribution in [2.45, 2.75) is 39.7 Å². The summed E-state index contributed by atoms with van der Waals surface area (Å²) in [6.45, 7) is 8.86. The fraction of sp³-hybridized carbons (Fsp3) is 0.458. The molecule has 1 aromatic carbocycles. The minimum Gasteiger partial charge on any atom is -0.507 e. The van der Waals surface area contributed by atoms with E-state index in [2.05, 4.69) is 10.00 Å². The van der Waals surface area contributed by atoms with Crippen LogP contribution in [-0.2, 0) is 16.6 Å². The lowest BCUT2D eigenvalue weighted by atomic mass is 9.94. The monoisotopic (exact) mass is 422 g/mol. The van der Waals surface area contributed by atoms with E-state index in [0.717, 1.165) is 36.5 Å². The maximum Gasteiger partial charge on any atom is 0.295 e. The number of rotatable bonds is 5. The van der Waals surface area contributed by atoms with Crippen molar-refractivity contribution in [3.05, 3.63) is 57.9 Å². The van der Waals surface area contributed by atoms with E-state index in [9.17, 15) is 14.7 Å². The Kier molecular flexibility index (Phi) is 5.71. The predicted molar refractivity (Wildman–Crippen MR) is 119 cm³/mol. The molecule has 7 nitrogen and oxygen atoms in total. The quantitative estimate of drug-likeness (QED) is 0.455. The van der Waals surface area contributed by atoms with Crippen LogP contribution in [0.25, 0.3) is 5.76 Å². The second kappa shape index (κ2) is 8.30. The number of carbonyl (C=O) groups is 2. The second-order valence-electron chi connectivity index (χ2n) is 8.62. The van der Waals surface area contributed by atoms with E-state index in [1.807, 2.05) is 38.1 Å². The van der Waals surface area contributed by atoms with Crippen molar-refractivity contribution in [3.8, 4) is 0 Å². The van der Waals surface area contributed by atoms with Gasteiger partial charge in [0.2, 0.25) is 0 Å². The van der Waals surface area contributed by atoms with Gasteiger partial charge in [0.25, 0.3) is 11.7 Å². The maximum absolute atomic E-state index is 13.2. The van der Waals surface area contributed by atoms with Crippen molar-refractivity contribution in [2.24, 2.45) is 7.05 Å². The van der Waals surface area contributed by atoms with Gasteiger partial charge in [-0.3, -0.25) is 14.3 Å². The van der Waals surface area contributed by atoms with Gasteiger partial charge in [0.15, 0.2) is 0 Å². The molecule has 0 bridgehead atoms. The number of aryl methyl sites for hydroxylation is 3. The van der Waals surface area contributed by atoms with Crippen LogP contribution in [0.15, 0.2) is 29.8 Å². The summed E-state index contributed by atoms with van der Waals surface area (Å²) in [5.74, 6) is -1.33. The lowest BCUT2D eigenvalue weighted by molar-refractivity contribution is -0.140. The summed E-state index contributed by atoms with van der Waals surface area (Å²) in [4.78, 5) is 30.2. The van der Waals surface area contributed by atoms with Crippen molar-refractivity contribution in [1.29, 1.82) is 0 Å². The number of Topliss-reactive ketones (excluding diaryl/α,β-unsaturated/α-hetero) is 1. The summed E-state index contributed by atoms with van der Waals surface area (Å²) < 4.78 is 1.68. The van der Waals surface area contributed by atoms with E-state index in [0.29, 0.717) is 17.8 Å². The highest BCUT2D eigenvalue weighted by molar-refractivity contribution is 6.46.